The van der Waals surface area contributed by atoms with Crippen molar-refractivity contribution in [1.29, 1.82) is 0 Å². The number of aliphatic hydroxyl groups excluding tert-OH is 2. The molecule has 0 aliphatic carbocycles. The van der Waals surface area contributed by atoms with Gasteiger partial charge in [-0.15, -0.1) is 0 Å². The number of carbonyl (C=O) groups is 3. The second kappa shape index (κ2) is 85.1. The molecule has 0 aromatic heterocycles. The fourth-order valence-electron chi connectivity index (χ4n) is 12.2. The van der Waals surface area contributed by atoms with E-state index in [0.29, 0.717) is 19.3 Å². The highest BCUT2D eigenvalue weighted by Gasteiger charge is 2.29. The molecule has 0 rings (SSSR count). The summed E-state index contributed by atoms with van der Waals surface area (Å²) in [7, 11) is -9.79. The first-order valence-electron chi connectivity index (χ1n) is 44.5. The summed E-state index contributed by atoms with van der Waals surface area (Å²) in [4.78, 5) is 58.8. The lowest BCUT2D eigenvalue weighted by Crippen LogP contribution is -2.30. The SMILES string of the molecule is CC/C=C\C/C=C\C/C=C\C/C=C\C/C=C\C/C=C\CCCCCCCCCCC(=O)OCC(COP(=O)(O)OCC(O)COP(=O)(O)OCC(O)COC(=O)CCCCCCCCCCCCCCCCCCCCC/C=C\C/C=C\C/C=C\C/C=C\C/C=C\CC)OC(=O)CCCCCCCCCCCCCCC. The number of phosphoric acid groups is 2. The molecule has 0 saturated heterocycles. The van der Waals surface area contributed by atoms with Crippen molar-refractivity contribution in [3.8, 4) is 0 Å². The molecule has 0 amide bonds. The largest absolute Gasteiger partial charge is 0.472 e. The van der Waals surface area contributed by atoms with Crippen molar-refractivity contribution >= 4 is 33.6 Å². The maximum Gasteiger partial charge on any atom is 0.472 e. The molecule has 0 radical (unpaired) electrons. The van der Waals surface area contributed by atoms with E-state index in [-0.39, 0.29) is 19.3 Å². The number of allylic oxidation sites excluding steroid dienone is 22. The van der Waals surface area contributed by atoms with Gasteiger partial charge in [-0.3, -0.25) is 32.5 Å². The fraction of sp³-hybridized carbons (Fsp3) is 0.731. The number of esters is 3. The summed E-state index contributed by atoms with van der Waals surface area (Å²) in [5.41, 5.74) is 0. The number of hydrogen-bond donors (Lipinski definition) is 4. The van der Waals surface area contributed by atoms with Gasteiger partial charge in [-0.05, 0) is 116 Å². The van der Waals surface area contributed by atoms with Crippen molar-refractivity contribution in [2.45, 2.75) is 399 Å². The molecule has 5 unspecified atom stereocenters. The van der Waals surface area contributed by atoms with Gasteiger partial charge in [-0.1, -0.05) is 379 Å². The summed E-state index contributed by atoms with van der Waals surface area (Å²) in [6, 6.07) is 0. The number of phosphoric ester groups is 2. The van der Waals surface area contributed by atoms with Crippen LogP contribution in [0.4, 0.5) is 0 Å². The third kappa shape index (κ3) is 86.4. The van der Waals surface area contributed by atoms with Crippen molar-refractivity contribution < 1.29 is 75.8 Å². The third-order valence-electron chi connectivity index (χ3n) is 18.9. The highest BCUT2D eigenvalue weighted by molar-refractivity contribution is 7.47. The van der Waals surface area contributed by atoms with Crippen LogP contribution in [-0.2, 0) is 55.8 Å². The van der Waals surface area contributed by atoms with Crippen LogP contribution in [-0.4, -0.2) is 95.9 Å². The summed E-state index contributed by atoms with van der Waals surface area (Å²) >= 11 is 0. The van der Waals surface area contributed by atoms with Gasteiger partial charge in [0.25, 0.3) is 0 Å². The summed E-state index contributed by atoms with van der Waals surface area (Å²) in [6.45, 7) is 2.49. The average molecular weight is 1600 g/mol. The van der Waals surface area contributed by atoms with E-state index in [1.165, 1.54) is 173 Å². The zero-order valence-corrected chi connectivity index (χ0v) is 72.1. The molecule has 0 heterocycles. The van der Waals surface area contributed by atoms with Crippen molar-refractivity contribution in [2.75, 3.05) is 39.6 Å². The second-order valence-electron chi connectivity index (χ2n) is 29.6. The molecule has 0 saturated carbocycles. The van der Waals surface area contributed by atoms with Crippen molar-refractivity contribution in [3.63, 3.8) is 0 Å². The molecule has 0 aliphatic rings. The van der Waals surface area contributed by atoms with Gasteiger partial charge in [0.15, 0.2) is 6.10 Å². The van der Waals surface area contributed by atoms with Gasteiger partial charge in [0.1, 0.15) is 25.4 Å². The Morgan fingerprint density at radius 2 is 0.477 bits per heavy atom. The van der Waals surface area contributed by atoms with E-state index in [2.05, 4.69) is 154 Å². The van der Waals surface area contributed by atoms with Crippen LogP contribution in [0.3, 0.4) is 0 Å². The maximum absolute atomic E-state index is 13.0. The molecule has 18 heteroatoms. The van der Waals surface area contributed by atoms with Crippen molar-refractivity contribution in [2.24, 2.45) is 0 Å². The molecular weight excluding hydrogens is 1430 g/mol. The molecule has 0 aromatic carbocycles. The zero-order chi connectivity index (χ0) is 80.8. The van der Waals surface area contributed by atoms with Crippen LogP contribution in [0.5, 0.6) is 0 Å². The van der Waals surface area contributed by atoms with Crippen LogP contribution >= 0.6 is 15.6 Å². The standard InChI is InChI=1S/C93H162O16P2/c1-4-7-10-13-16-19-22-25-27-29-31-33-35-37-39-40-41-42-43-44-45-46-48-50-51-53-55-57-59-62-64-67-70-73-76-79-91(96)103-82-88(94)83-105-110(99,100)106-84-89(95)85-107-111(101,102)108-87-90(109-93(98)81-78-75-72-69-66-61-24-21-18-15-12-9-6-3)86-104-92(97)80-77-74-71-68-65-63-60-58-56-54-52-49-47-38-36-34-32-30-28-26-23-20-17-14-11-8-5-2/h7-8,10-11,16-17,19-20,25-28,31-34,37-39,47,52,54,88-90,94-95H,4-6,9,12-15,18,21-24,29-30,35-36,40-46,48-51,53,55-87H2,1-3H3,(H,99,100)(H,101,102)/b10-7-,11-8-,19-16-,20-17-,27-25-,28-26-,33-31-,34-32-,39-37-,47-38-,54-52-. The van der Waals surface area contributed by atoms with E-state index >= 15 is 0 Å². The molecule has 0 fully saturated rings. The fourth-order valence-corrected chi connectivity index (χ4v) is 13.8. The van der Waals surface area contributed by atoms with Gasteiger partial charge in [0.2, 0.25) is 0 Å². The first-order valence-corrected chi connectivity index (χ1v) is 47.5. The predicted molar refractivity (Wildman–Crippen MR) is 463 cm³/mol. The van der Waals surface area contributed by atoms with Crippen LogP contribution < -0.4 is 0 Å². The molecule has 640 valence electrons. The molecule has 4 N–H and O–H groups in total. The minimum atomic E-state index is -4.93. The maximum atomic E-state index is 13.0. The summed E-state index contributed by atoms with van der Waals surface area (Å²) in [6.07, 6.45) is 105. The van der Waals surface area contributed by atoms with E-state index in [1.54, 1.807) is 0 Å². The van der Waals surface area contributed by atoms with Gasteiger partial charge in [-0.2, -0.15) is 0 Å². The van der Waals surface area contributed by atoms with Crippen LogP contribution in [0.15, 0.2) is 134 Å². The van der Waals surface area contributed by atoms with Gasteiger partial charge < -0.3 is 34.2 Å². The first kappa shape index (κ1) is 107. The molecule has 0 aliphatic heterocycles. The van der Waals surface area contributed by atoms with Gasteiger partial charge in [-0.25, -0.2) is 9.13 Å². The van der Waals surface area contributed by atoms with E-state index < -0.39 is 91.5 Å². The molecule has 0 spiro atoms. The molecule has 0 aromatic rings. The number of ether oxygens (including phenoxy) is 3. The van der Waals surface area contributed by atoms with E-state index in [1.807, 2.05) is 0 Å². The Kier molecular flexibility index (Phi) is 81.8. The van der Waals surface area contributed by atoms with Crippen LogP contribution in [0.2, 0.25) is 0 Å². The Morgan fingerprint density at radius 1 is 0.261 bits per heavy atom. The van der Waals surface area contributed by atoms with Crippen LogP contribution in [0.1, 0.15) is 380 Å². The van der Waals surface area contributed by atoms with E-state index in [0.717, 1.165) is 148 Å². The summed E-state index contributed by atoms with van der Waals surface area (Å²) in [5.74, 6) is -1.57. The van der Waals surface area contributed by atoms with Gasteiger partial charge in [0.05, 0.1) is 26.4 Å². The van der Waals surface area contributed by atoms with E-state index in [9.17, 15) is 43.5 Å². The number of rotatable bonds is 84. The number of aliphatic hydroxyl groups is 2. The lowest BCUT2D eigenvalue weighted by atomic mass is 10.0. The normalized spacial score (nSPS) is 14.5. The molecule has 5 atom stereocenters. The lowest BCUT2D eigenvalue weighted by Gasteiger charge is -2.21. The Morgan fingerprint density at radius 3 is 0.757 bits per heavy atom. The van der Waals surface area contributed by atoms with Crippen molar-refractivity contribution in [1.82, 2.24) is 0 Å². The Hall–Kier alpha value is -4.31. The Labute approximate surface area is 677 Å². The monoisotopic (exact) mass is 1600 g/mol. The molecule has 0 bridgehead atoms. The third-order valence-corrected chi connectivity index (χ3v) is 20.8. The lowest BCUT2D eigenvalue weighted by molar-refractivity contribution is -0.161. The zero-order valence-electron chi connectivity index (χ0n) is 70.4. The second-order valence-corrected chi connectivity index (χ2v) is 32.6. The smallest absolute Gasteiger partial charge is 0.463 e. The Bertz CT molecular complexity index is 2550. The molecule has 111 heavy (non-hydrogen) atoms. The number of hydrogen-bond acceptors (Lipinski definition) is 14. The minimum Gasteiger partial charge on any atom is -0.463 e. The first-order chi connectivity index (χ1) is 54.2. The summed E-state index contributed by atoms with van der Waals surface area (Å²) in [5, 5.41) is 20.7. The average Bonchev–Trinajstić information content (AvgIpc) is 0.918. The quantitative estimate of drug-likeness (QED) is 0.0146. The minimum absolute atomic E-state index is 0.105. The molecular formula is C93H162O16P2. The highest BCUT2D eigenvalue weighted by Crippen LogP contribution is 2.45. The van der Waals surface area contributed by atoms with Gasteiger partial charge >= 0.3 is 33.6 Å². The number of unbranched alkanes of at least 4 members (excludes halogenated alkanes) is 39. The summed E-state index contributed by atoms with van der Waals surface area (Å²) < 4.78 is 61.3. The van der Waals surface area contributed by atoms with Crippen LogP contribution in [0.25, 0.3) is 0 Å². The highest BCUT2D eigenvalue weighted by atomic mass is 31.2. The van der Waals surface area contributed by atoms with Crippen LogP contribution in [0, 0.1) is 0 Å². The number of carbonyl (C=O) groups excluding carboxylic acids is 3. The Balaban J connectivity index is 4.39. The predicted octanol–water partition coefficient (Wildman–Crippen LogP) is 27.0. The topological polar surface area (TPSA) is 231 Å². The van der Waals surface area contributed by atoms with E-state index in [4.69, 9.17) is 32.3 Å². The van der Waals surface area contributed by atoms with Gasteiger partial charge in [0, 0.05) is 19.3 Å². The van der Waals surface area contributed by atoms with Crippen molar-refractivity contribution in [3.05, 3.63) is 134 Å². The molecule has 16 nitrogen and oxygen atoms in total.